The molecule has 0 radical (unpaired) electrons. The van der Waals surface area contributed by atoms with Crippen molar-refractivity contribution in [2.75, 3.05) is 13.7 Å². The van der Waals surface area contributed by atoms with Crippen LogP contribution >= 0.6 is 0 Å². The number of hydrogen-bond acceptors (Lipinski definition) is 5. The van der Waals surface area contributed by atoms with Crippen LogP contribution in [0.3, 0.4) is 0 Å². The summed E-state index contributed by atoms with van der Waals surface area (Å²) in [5.41, 5.74) is -1.01. The van der Waals surface area contributed by atoms with Crippen LogP contribution < -0.4 is 0 Å². The Bertz CT molecular complexity index is 457. The number of fused-ring (bicyclic) bond motifs is 3. The highest BCUT2D eigenvalue weighted by Crippen LogP contribution is 2.54. The Morgan fingerprint density at radius 3 is 2.70 bits per heavy atom. The van der Waals surface area contributed by atoms with Gasteiger partial charge < -0.3 is 9.47 Å². The maximum absolute atomic E-state index is 12.4. The SMILES string of the molecule is C=C(C(=O)OCC)C1C[C@H]2CC[C@]1(C(=O)OC)C(=O)C2. The average Bonchev–Trinajstić information content (AvgIpc) is 2.46. The summed E-state index contributed by atoms with van der Waals surface area (Å²) in [7, 11) is 1.27. The van der Waals surface area contributed by atoms with Crippen LogP contribution in [0.2, 0.25) is 0 Å². The van der Waals surface area contributed by atoms with E-state index in [2.05, 4.69) is 6.58 Å². The van der Waals surface area contributed by atoms with Crippen molar-refractivity contribution in [3.63, 3.8) is 0 Å². The van der Waals surface area contributed by atoms with Crippen molar-refractivity contribution >= 4 is 17.7 Å². The largest absolute Gasteiger partial charge is 0.468 e. The Hall–Kier alpha value is -1.65. The zero-order chi connectivity index (χ0) is 14.9. The second kappa shape index (κ2) is 5.38. The van der Waals surface area contributed by atoms with Crippen molar-refractivity contribution in [3.8, 4) is 0 Å². The molecule has 3 saturated carbocycles. The van der Waals surface area contributed by atoms with Crippen LogP contribution in [-0.2, 0) is 23.9 Å². The smallest absolute Gasteiger partial charge is 0.333 e. The van der Waals surface area contributed by atoms with Crippen LogP contribution in [0.4, 0.5) is 0 Å². The topological polar surface area (TPSA) is 69.7 Å². The van der Waals surface area contributed by atoms with Crippen molar-refractivity contribution in [1.29, 1.82) is 0 Å². The molecule has 5 nitrogen and oxygen atoms in total. The fraction of sp³-hybridized carbons (Fsp3) is 0.667. The Labute approximate surface area is 118 Å². The van der Waals surface area contributed by atoms with Crippen LogP contribution in [0.25, 0.3) is 0 Å². The van der Waals surface area contributed by atoms with Crippen LogP contribution in [-0.4, -0.2) is 31.4 Å². The molecular weight excluding hydrogens is 260 g/mol. The molecule has 0 heterocycles. The van der Waals surface area contributed by atoms with Gasteiger partial charge in [0.05, 0.1) is 13.7 Å². The maximum atomic E-state index is 12.4. The van der Waals surface area contributed by atoms with Gasteiger partial charge in [0, 0.05) is 17.9 Å². The maximum Gasteiger partial charge on any atom is 0.333 e. The predicted molar refractivity (Wildman–Crippen MR) is 70.7 cm³/mol. The van der Waals surface area contributed by atoms with E-state index in [1.165, 1.54) is 7.11 Å². The monoisotopic (exact) mass is 280 g/mol. The van der Waals surface area contributed by atoms with Gasteiger partial charge in [-0.25, -0.2) is 4.79 Å². The van der Waals surface area contributed by atoms with E-state index in [9.17, 15) is 14.4 Å². The number of methoxy groups -OCH3 is 1. The van der Waals surface area contributed by atoms with Crippen molar-refractivity contribution in [1.82, 2.24) is 0 Å². The fourth-order valence-electron chi connectivity index (χ4n) is 3.57. The molecule has 1 unspecified atom stereocenters. The summed E-state index contributed by atoms with van der Waals surface area (Å²) in [6, 6.07) is 0. The molecule has 3 atom stereocenters. The zero-order valence-corrected chi connectivity index (χ0v) is 11.9. The third-order valence-corrected chi connectivity index (χ3v) is 4.59. The Morgan fingerprint density at radius 2 is 2.15 bits per heavy atom. The van der Waals surface area contributed by atoms with Crippen molar-refractivity contribution in [2.24, 2.45) is 17.3 Å². The number of hydrogen-bond donors (Lipinski definition) is 0. The lowest BCUT2D eigenvalue weighted by molar-refractivity contribution is -0.170. The highest BCUT2D eigenvalue weighted by atomic mass is 16.5. The molecule has 0 aromatic carbocycles. The van der Waals surface area contributed by atoms with E-state index in [-0.39, 0.29) is 23.9 Å². The van der Waals surface area contributed by atoms with Crippen LogP contribution in [0.5, 0.6) is 0 Å². The number of carbonyl (C=O) groups excluding carboxylic acids is 3. The molecule has 0 spiro atoms. The van der Waals surface area contributed by atoms with E-state index < -0.39 is 23.3 Å². The lowest BCUT2D eigenvalue weighted by Crippen LogP contribution is -2.55. The number of ether oxygens (including phenoxy) is 2. The summed E-state index contributed by atoms with van der Waals surface area (Å²) >= 11 is 0. The molecule has 0 aromatic rings. The van der Waals surface area contributed by atoms with Crippen molar-refractivity contribution in [3.05, 3.63) is 12.2 Å². The van der Waals surface area contributed by atoms with Gasteiger partial charge in [0.25, 0.3) is 0 Å². The van der Waals surface area contributed by atoms with Gasteiger partial charge in [0.15, 0.2) is 5.78 Å². The van der Waals surface area contributed by atoms with Gasteiger partial charge in [-0.2, -0.15) is 0 Å². The number of Topliss-reactive ketones (excluding diaryl/α,β-unsaturated/α-hetero) is 1. The fourth-order valence-corrected chi connectivity index (χ4v) is 3.57. The second-order valence-corrected chi connectivity index (χ2v) is 5.53. The lowest BCUT2D eigenvalue weighted by Gasteiger charge is -2.48. The molecule has 0 aliphatic heterocycles. The molecule has 110 valence electrons. The van der Waals surface area contributed by atoms with Crippen molar-refractivity contribution < 1.29 is 23.9 Å². The van der Waals surface area contributed by atoms with Gasteiger partial charge in [-0.3, -0.25) is 9.59 Å². The van der Waals surface area contributed by atoms with E-state index in [1.807, 2.05) is 0 Å². The summed E-state index contributed by atoms with van der Waals surface area (Å²) in [4.78, 5) is 36.5. The lowest BCUT2D eigenvalue weighted by atomic mass is 9.52. The number of esters is 2. The standard InChI is InChI=1S/C15H20O5/c1-4-20-13(17)9(2)11-7-10-5-6-15(11,12(16)8-10)14(18)19-3/h10-11H,2,4-8H2,1,3H3/t10-,11?,15-/m1/s1. The van der Waals surface area contributed by atoms with Gasteiger partial charge in [-0.05, 0) is 32.1 Å². The molecule has 5 heteroatoms. The highest BCUT2D eigenvalue weighted by Gasteiger charge is 2.60. The summed E-state index contributed by atoms with van der Waals surface area (Å²) in [6.07, 6.45) is 2.26. The Balaban J connectivity index is 2.35. The molecule has 0 amide bonds. The number of rotatable bonds is 4. The number of carbonyl (C=O) groups is 3. The van der Waals surface area contributed by atoms with E-state index in [4.69, 9.17) is 9.47 Å². The molecule has 0 saturated heterocycles. The molecule has 2 bridgehead atoms. The van der Waals surface area contributed by atoms with Gasteiger partial charge in [-0.15, -0.1) is 0 Å². The molecule has 3 fully saturated rings. The minimum absolute atomic E-state index is 0.123. The minimum Gasteiger partial charge on any atom is -0.468 e. The van der Waals surface area contributed by atoms with Crippen molar-refractivity contribution in [2.45, 2.75) is 32.6 Å². The molecule has 3 rings (SSSR count). The average molecular weight is 280 g/mol. The Kier molecular flexibility index (Phi) is 3.97. The van der Waals surface area contributed by atoms with Gasteiger partial charge in [-0.1, -0.05) is 6.58 Å². The summed E-state index contributed by atoms with van der Waals surface area (Å²) in [5.74, 6) is -1.46. The van der Waals surface area contributed by atoms with E-state index in [1.54, 1.807) is 6.92 Å². The third kappa shape index (κ3) is 2.05. The van der Waals surface area contributed by atoms with Crippen LogP contribution in [0.1, 0.15) is 32.6 Å². The first-order valence-electron chi connectivity index (χ1n) is 6.95. The molecular formula is C15H20O5. The highest BCUT2D eigenvalue weighted by molar-refractivity contribution is 6.07. The van der Waals surface area contributed by atoms with E-state index in [0.717, 1.165) is 6.42 Å². The Morgan fingerprint density at radius 1 is 1.45 bits per heavy atom. The molecule has 3 aliphatic rings. The quantitative estimate of drug-likeness (QED) is 0.445. The molecule has 20 heavy (non-hydrogen) atoms. The minimum atomic E-state index is -1.23. The molecule has 3 aliphatic carbocycles. The third-order valence-electron chi connectivity index (χ3n) is 4.59. The van der Waals surface area contributed by atoms with E-state index >= 15 is 0 Å². The normalized spacial score (nSPS) is 31.8. The van der Waals surface area contributed by atoms with Gasteiger partial charge >= 0.3 is 11.9 Å². The zero-order valence-electron chi connectivity index (χ0n) is 11.9. The summed E-state index contributed by atoms with van der Waals surface area (Å²) in [6.45, 7) is 5.73. The van der Waals surface area contributed by atoms with E-state index in [0.29, 0.717) is 19.3 Å². The first kappa shape index (κ1) is 14.8. The summed E-state index contributed by atoms with van der Waals surface area (Å²) < 4.78 is 9.80. The van der Waals surface area contributed by atoms with Gasteiger partial charge in [0.1, 0.15) is 5.41 Å². The second-order valence-electron chi connectivity index (χ2n) is 5.53. The van der Waals surface area contributed by atoms with Crippen LogP contribution in [0, 0.1) is 17.3 Å². The predicted octanol–water partition coefficient (Wildman–Crippen LogP) is 1.65. The summed E-state index contributed by atoms with van der Waals surface area (Å²) in [5, 5.41) is 0. The van der Waals surface area contributed by atoms with Gasteiger partial charge in [0.2, 0.25) is 0 Å². The first-order chi connectivity index (χ1) is 9.47. The first-order valence-corrected chi connectivity index (χ1v) is 6.95. The molecule has 0 aromatic heterocycles. The molecule has 0 N–H and O–H groups in total. The van der Waals surface area contributed by atoms with Crippen LogP contribution in [0.15, 0.2) is 12.2 Å². The number of ketones is 1.